The van der Waals surface area contributed by atoms with Gasteiger partial charge in [0, 0.05) is 55.5 Å². The molecule has 0 atom stereocenters. The lowest BCUT2D eigenvalue weighted by molar-refractivity contribution is 0.188. The van der Waals surface area contributed by atoms with Crippen LogP contribution in [0.1, 0.15) is 0 Å². The Hall–Kier alpha value is -4.14. The van der Waals surface area contributed by atoms with Gasteiger partial charge in [-0.25, -0.2) is 13.8 Å². The zero-order chi connectivity index (χ0) is 26.1. The monoisotopic (exact) mass is 511 g/mol. The van der Waals surface area contributed by atoms with Gasteiger partial charge in [-0.15, -0.1) is 0 Å². The quantitative estimate of drug-likeness (QED) is 0.343. The molecule has 38 heavy (non-hydrogen) atoms. The van der Waals surface area contributed by atoms with Crippen molar-refractivity contribution in [1.29, 1.82) is 0 Å². The van der Waals surface area contributed by atoms with Crippen molar-refractivity contribution in [3.63, 3.8) is 0 Å². The molecule has 2 aromatic heterocycles. The van der Waals surface area contributed by atoms with Crippen LogP contribution in [0.5, 0.6) is 0 Å². The van der Waals surface area contributed by atoms with E-state index in [2.05, 4.69) is 9.80 Å². The number of anilines is 1. The number of benzene rings is 3. The molecule has 1 N–H and O–H groups in total. The summed E-state index contributed by atoms with van der Waals surface area (Å²) < 4.78 is 31.5. The van der Waals surface area contributed by atoms with Crippen LogP contribution in [0.15, 0.2) is 84.9 Å². The summed E-state index contributed by atoms with van der Waals surface area (Å²) in [5.41, 5.74) is 4.00. The van der Waals surface area contributed by atoms with E-state index in [4.69, 9.17) is 10.1 Å². The van der Waals surface area contributed by atoms with Crippen LogP contribution in [0.2, 0.25) is 0 Å². The highest BCUT2D eigenvalue weighted by Gasteiger charge is 2.26. The highest BCUT2D eigenvalue weighted by molar-refractivity contribution is 5.92. The third kappa shape index (κ3) is 4.53. The van der Waals surface area contributed by atoms with Gasteiger partial charge in [-0.3, -0.25) is 4.90 Å². The van der Waals surface area contributed by atoms with Crippen molar-refractivity contribution < 1.29 is 13.9 Å². The van der Waals surface area contributed by atoms with Crippen LogP contribution >= 0.6 is 0 Å². The minimum absolute atomic E-state index is 0.121. The molecule has 0 saturated carbocycles. The first-order valence-electron chi connectivity index (χ1n) is 12.7. The van der Waals surface area contributed by atoms with Gasteiger partial charge in [-0.05, 0) is 18.2 Å². The maximum Gasteiger partial charge on any atom is 0.166 e. The third-order valence-electron chi connectivity index (χ3n) is 7.00. The predicted molar refractivity (Wildman–Crippen MR) is 145 cm³/mol. The Morgan fingerprint density at radius 2 is 1.47 bits per heavy atom. The van der Waals surface area contributed by atoms with E-state index in [1.165, 1.54) is 6.07 Å². The van der Waals surface area contributed by atoms with Crippen molar-refractivity contribution in [2.24, 2.45) is 0 Å². The summed E-state index contributed by atoms with van der Waals surface area (Å²) in [6.45, 7) is 3.82. The molecule has 0 unspecified atom stereocenters. The third-order valence-corrected chi connectivity index (χ3v) is 7.00. The molecule has 0 aliphatic carbocycles. The maximum atomic E-state index is 15.3. The van der Waals surface area contributed by atoms with Crippen LogP contribution in [-0.4, -0.2) is 63.9 Å². The van der Waals surface area contributed by atoms with Gasteiger partial charge >= 0.3 is 0 Å². The fourth-order valence-corrected chi connectivity index (χ4v) is 5.06. The van der Waals surface area contributed by atoms with Crippen LogP contribution in [0, 0.1) is 11.6 Å². The average molecular weight is 512 g/mol. The Bertz CT molecular complexity index is 1560. The molecule has 6 nitrogen and oxygen atoms in total. The first-order valence-corrected chi connectivity index (χ1v) is 12.7. The lowest BCUT2D eigenvalue weighted by Crippen LogP contribution is -2.47. The number of hydrogen-bond donors (Lipinski definition) is 1. The molecule has 6 rings (SSSR count). The zero-order valence-corrected chi connectivity index (χ0v) is 20.8. The molecule has 0 bridgehead atoms. The Morgan fingerprint density at radius 1 is 0.789 bits per heavy atom. The topological polar surface area (TPSA) is 56.9 Å². The SMILES string of the molecule is OCCN1CCN(c2cc(-c3ccccc3)nc3c(-c4cc(F)ccc4F)c(-c4ccccc4)nn23)CC1. The highest BCUT2D eigenvalue weighted by atomic mass is 19.1. The van der Waals surface area contributed by atoms with Gasteiger partial charge in [0.05, 0.1) is 17.9 Å². The minimum Gasteiger partial charge on any atom is -0.395 e. The zero-order valence-electron chi connectivity index (χ0n) is 20.8. The van der Waals surface area contributed by atoms with Crippen molar-refractivity contribution in [2.75, 3.05) is 44.2 Å². The normalized spacial score (nSPS) is 14.3. The molecule has 0 spiro atoms. The molecule has 192 valence electrons. The molecule has 0 amide bonds. The maximum absolute atomic E-state index is 15.3. The van der Waals surface area contributed by atoms with Crippen molar-refractivity contribution in [3.8, 4) is 33.6 Å². The summed E-state index contributed by atoms with van der Waals surface area (Å²) in [5, 5.41) is 14.3. The lowest BCUT2D eigenvalue weighted by Gasteiger charge is -2.35. The summed E-state index contributed by atoms with van der Waals surface area (Å²) in [5.74, 6) is -0.235. The first kappa shape index (κ1) is 24.2. The van der Waals surface area contributed by atoms with Gasteiger partial charge in [0.2, 0.25) is 0 Å². The van der Waals surface area contributed by atoms with E-state index in [0.717, 1.165) is 61.0 Å². The summed E-state index contributed by atoms with van der Waals surface area (Å²) in [7, 11) is 0. The van der Waals surface area contributed by atoms with E-state index in [0.29, 0.717) is 23.4 Å². The van der Waals surface area contributed by atoms with E-state index in [1.807, 2.05) is 66.7 Å². The second kappa shape index (κ2) is 10.3. The summed E-state index contributed by atoms with van der Waals surface area (Å²) in [4.78, 5) is 9.44. The Labute approximate surface area is 219 Å². The fourth-order valence-electron chi connectivity index (χ4n) is 5.06. The van der Waals surface area contributed by atoms with Crippen LogP contribution in [0.4, 0.5) is 14.6 Å². The second-order valence-electron chi connectivity index (χ2n) is 9.37. The molecule has 3 aromatic carbocycles. The van der Waals surface area contributed by atoms with E-state index >= 15 is 4.39 Å². The molecule has 8 heteroatoms. The summed E-state index contributed by atoms with van der Waals surface area (Å²) in [6, 6.07) is 24.8. The number of aliphatic hydroxyl groups is 1. The molecule has 3 heterocycles. The number of nitrogens with zero attached hydrogens (tertiary/aromatic N) is 5. The van der Waals surface area contributed by atoms with E-state index in [-0.39, 0.29) is 12.2 Å². The number of piperazine rings is 1. The highest BCUT2D eigenvalue weighted by Crippen LogP contribution is 2.39. The second-order valence-corrected chi connectivity index (χ2v) is 9.37. The predicted octanol–water partition coefficient (Wildman–Crippen LogP) is 5.12. The minimum atomic E-state index is -0.537. The fraction of sp³-hybridized carbons (Fsp3) is 0.200. The van der Waals surface area contributed by atoms with Crippen LogP contribution in [0.25, 0.3) is 39.3 Å². The summed E-state index contributed by atoms with van der Waals surface area (Å²) >= 11 is 0. The van der Waals surface area contributed by atoms with Crippen molar-refractivity contribution >= 4 is 11.5 Å². The van der Waals surface area contributed by atoms with E-state index < -0.39 is 11.6 Å². The number of halogens is 2. The van der Waals surface area contributed by atoms with Gasteiger partial charge in [-0.2, -0.15) is 9.61 Å². The number of β-amino-alcohol motifs (C(OH)–C–C–N with tert-alkyl or cyclic N) is 1. The average Bonchev–Trinajstić information content (AvgIpc) is 3.35. The first-order chi connectivity index (χ1) is 18.6. The van der Waals surface area contributed by atoms with Crippen LogP contribution in [0.3, 0.4) is 0 Å². The standard InChI is InChI=1S/C30H27F2N5O/c31-23-11-12-25(32)24(19-23)28-29(22-9-5-2-6-10-22)34-37-27(36-15-13-35(14-16-36)17-18-38)20-26(33-30(28)37)21-7-3-1-4-8-21/h1-12,19-20,38H,13-18H2. The largest absolute Gasteiger partial charge is 0.395 e. The van der Waals surface area contributed by atoms with Crippen LogP contribution < -0.4 is 4.90 Å². The van der Waals surface area contributed by atoms with Gasteiger partial charge in [0.25, 0.3) is 0 Å². The Balaban J connectivity index is 1.62. The van der Waals surface area contributed by atoms with E-state index in [1.54, 1.807) is 4.52 Å². The number of aromatic nitrogens is 3. The number of rotatable bonds is 6. The molecular formula is C30H27F2N5O. The smallest absolute Gasteiger partial charge is 0.166 e. The molecule has 1 saturated heterocycles. The lowest BCUT2D eigenvalue weighted by atomic mass is 10.0. The van der Waals surface area contributed by atoms with Gasteiger partial charge < -0.3 is 10.0 Å². The van der Waals surface area contributed by atoms with Gasteiger partial charge in [0.1, 0.15) is 23.1 Å². The number of fused-ring (bicyclic) bond motifs is 1. The van der Waals surface area contributed by atoms with Crippen LogP contribution in [-0.2, 0) is 0 Å². The molecule has 1 aliphatic heterocycles. The number of hydrogen-bond acceptors (Lipinski definition) is 5. The molecule has 1 fully saturated rings. The van der Waals surface area contributed by atoms with Crippen molar-refractivity contribution in [1.82, 2.24) is 19.5 Å². The Morgan fingerprint density at radius 3 is 2.16 bits per heavy atom. The van der Waals surface area contributed by atoms with Gasteiger partial charge in [0.15, 0.2) is 5.65 Å². The number of aliphatic hydroxyl groups excluding tert-OH is 1. The van der Waals surface area contributed by atoms with E-state index in [9.17, 15) is 9.50 Å². The molecule has 0 radical (unpaired) electrons. The molecule has 5 aromatic rings. The van der Waals surface area contributed by atoms with Crippen molar-refractivity contribution in [2.45, 2.75) is 0 Å². The Kier molecular flexibility index (Phi) is 6.57. The molecule has 1 aliphatic rings. The molecular weight excluding hydrogens is 484 g/mol. The van der Waals surface area contributed by atoms with Gasteiger partial charge in [-0.1, -0.05) is 60.7 Å². The van der Waals surface area contributed by atoms with Crippen molar-refractivity contribution in [3.05, 3.63) is 96.6 Å². The summed E-state index contributed by atoms with van der Waals surface area (Å²) in [6.07, 6.45) is 0.